The van der Waals surface area contributed by atoms with Crippen LogP contribution in [-0.2, 0) is 0 Å². The van der Waals surface area contributed by atoms with E-state index in [1.54, 1.807) is 6.92 Å². The van der Waals surface area contributed by atoms with Crippen molar-refractivity contribution in [2.24, 2.45) is 5.92 Å². The van der Waals surface area contributed by atoms with E-state index in [4.69, 9.17) is 0 Å². The normalized spacial score (nSPS) is 28.4. The Bertz CT molecular complexity index is 405. The van der Waals surface area contributed by atoms with Crippen molar-refractivity contribution < 1.29 is 9.42 Å². The van der Waals surface area contributed by atoms with E-state index in [-0.39, 0.29) is 5.91 Å². The number of hydrogen-bond acceptors (Lipinski definition) is 5. The molecular formula is C10H14N4O2. The molecule has 0 bridgehead atoms. The number of rotatable bonds is 1. The van der Waals surface area contributed by atoms with Gasteiger partial charge < -0.3 is 10.2 Å². The van der Waals surface area contributed by atoms with Gasteiger partial charge in [0, 0.05) is 19.1 Å². The number of carbonyl (C=O) groups is 1. The third kappa shape index (κ3) is 1.41. The zero-order valence-corrected chi connectivity index (χ0v) is 9.14. The second-order valence-corrected chi connectivity index (χ2v) is 4.52. The van der Waals surface area contributed by atoms with Crippen LogP contribution in [0.15, 0.2) is 4.63 Å². The Labute approximate surface area is 92.9 Å². The fourth-order valence-corrected chi connectivity index (χ4v) is 2.59. The third-order valence-electron chi connectivity index (χ3n) is 3.51. The standard InChI is InChI=1S/C10H14N4O2/c1-6-9(13-16-12-6)10(15)14-4-7-2-3-11-8(7)5-14/h7-8,11H,2-5H2,1H3/t7-,8+/m0/s1. The lowest BCUT2D eigenvalue weighted by molar-refractivity contribution is 0.0771. The van der Waals surface area contributed by atoms with Crippen molar-refractivity contribution in [2.45, 2.75) is 19.4 Å². The Morgan fingerprint density at radius 1 is 1.50 bits per heavy atom. The molecule has 0 saturated carbocycles. The molecule has 0 spiro atoms. The number of carbonyl (C=O) groups excluding carboxylic acids is 1. The lowest BCUT2D eigenvalue weighted by Crippen LogP contribution is -2.34. The van der Waals surface area contributed by atoms with Gasteiger partial charge in [-0.1, -0.05) is 5.16 Å². The first-order valence-electron chi connectivity index (χ1n) is 5.57. The van der Waals surface area contributed by atoms with Gasteiger partial charge in [-0.05, 0) is 31.0 Å². The molecule has 3 heterocycles. The molecule has 2 fully saturated rings. The van der Waals surface area contributed by atoms with Crippen molar-refractivity contribution in [1.82, 2.24) is 20.5 Å². The van der Waals surface area contributed by atoms with Gasteiger partial charge in [0.1, 0.15) is 5.69 Å². The van der Waals surface area contributed by atoms with Crippen molar-refractivity contribution >= 4 is 5.91 Å². The Morgan fingerprint density at radius 2 is 2.38 bits per heavy atom. The maximum atomic E-state index is 12.1. The van der Waals surface area contributed by atoms with Crippen LogP contribution in [0.3, 0.4) is 0 Å². The predicted octanol–water partition coefficient (Wildman–Crippen LogP) is -0.188. The van der Waals surface area contributed by atoms with Crippen LogP contribution in [0.4, 0.5) is 0 Å². The van der Waals surface area contributed by atoms with Gasteiger partial charge in [0.25, 0.3) is 5.91 Å². The molecule has 1 aromatic heterocycles. The summed E-state index contributed by atoms with van der Waals surface area (Å²) < 4.78 is 4.56. The number of fused-ring (bicyclic) bond motifs is 1. The van der Waals surface area contributed by atoms with Crippen LogP contribution in [0.2, 0.25) is 0 Å². The molecule has 0 unspecified atom stereocenters. The minimum atomic E-state index is -0.0602. The Morgan fingerprint density at radius 3 is 3.06 bits per heavy atom. The van der Waals surface area contributed by atoms with Crippen LogP contribution in [0.25, 0.3) is 0 Å². The van der Waals surface area contributed by atoms with Crippen molar-refractivity contribution in [3.8, 4) is 0 Å². The van der Waals surface area contributed by atoms with Crippen LogP contribution in [-0.4, -0.2) is 46.8 Å². The minimum Gasteiger partial charge on any atom is -0.335 e. The number of aryl methyl sites for hydroxylation is 1. The maximum absolute atomic E-state index is 12.1. The minimum absolute atomic E-state index is 0.0602. The summed E-state index contributed by atoms with van der Waals surface area (Å²) in [5.41, 5.74) is 0.912. The molecule has 1 aromatic rings. The second-order valence-electron chi connectivity index (χ2n) is 4.52. The van der Waals surface area contributed by atoms with Crippen molar-refractivity contribution in [1.29, 1.82) is 0 Å². The number of hydrogen-bond donors (Lipinski definition) is 1. The van der Waals surface area contributed by atoms with Gasteiger partial charge in [-0.3, -0.25) is 4.79 Å². The highest BCUT2D eigenvalue weighted by Crippen LogP contribution is 2.25. The van der Waals surface area contributed by atoms with E-state index in [2.05, 4.69) is 20.3 Å². The summed E-state index contributed by atoms with van der Waals surface area (Å²) in [5, 5.41) is 10.7. The highest BCUT2D eigenvalue weighted by atomic mass is 16.6. The largest absolute Gasteiger partial charge is 0.335 e. The smallest absolute Gasteiger partial charge is 0.278 e. The summed E-state index contributed by atoms with van der Waals surface area (Å²) >= 11 is 0. The van der Waals surface area contributed by atoms with E-state index < -0.39 is 0 Å². The van der Waals surface area contributed by atoms with E-state index >= 15 is 0 Å². The molecule has 86 valence electrons. The summed E-state index contributed by atoms with van der Waals surface area (Å²) in [4.78, 5) is 13.9. The van der Waals surface area contributed by atoms with Gasteiger partial charge in [0.05, 0.1) is 0 Å². The summed E-state index contributed by atoms with van der Waals surface area (Å²) in [6, 6.07) is 0.462. The maximum Gasteiger partial charge on any atom is 0.278 e. The van der Waals surface area contributed by atoms with Gasteiger partial charge >= 0.3 is 0 Å². The summed E-state index contributed by atoms with van der Waals surface area (Å²) in [6.45, 7) is 4.40. The monoisotopic (exact) mass is 222 g/mol. The highest BCUT2D eigenvalue weighted by molar-refractivity contribution is 5.93. The first-order chi connectivity index (χ1) is 7.75. The SMILES string of the molecule is Cc1nonc1C(=O)N1C[C@@H]2CCN[C@@H]2C1. The first-order valence-corrected chi connectivity index (χ1v) is 5.57. The molecular weight excluding hydrogens is 208 g/mol. The van der Waals surface area contributed by atoms with Gasteiger partial charge in [-0.2, -0.15) is 0 Å². The van der Waals surface area contributed by atoms with E-state index in [1.807, 2.05) is 4.90 Å². The molecule has 1 amide bonds. The average Bonchev–Trinajstić information content (AvgIpc) is 2.89. The molecule has 1 N–H and O–H groups in total. The lowest BCUT2D eigenvalue weighted by Gasteiger charge is -2.15. The van der Waals surface area contributed by atoms with Gasteiger partial charge in [-0.25, -0.2) is 4.63 Å². The quantitative estimate of drug-likeness (QED) is 0.713. The van der Waals surface area contributed by atoms with Crippen LogP contribution in [0.5, 0.6) is 0 Å². The Balaban J connectivity index is 1.75. The molecule has 2 aliphatic heterocycles. The fourth-order valence-electron chi connectivity index (χ4n) is 2.59. The summed E-state index contributed by atoms with van der Waals surface area (Å²) in [6.07, 6.45) is 1.16. The molecule has 2 atom stereocenters. The average molecular weight is 222 g/mol. The molecule has 16 heavy (non-hydrogen) atoms. The van der Waals surface area contributed by atoms with Gasteiger partial charge in [-0.15, -0.1) is 0 Å². The molecule has 6 heteroatoms. The van der Waals surface area contributed by atoms with Crippen molar-refractivity contribution in [3.05, 3.63) is 11.4 Å². The summed E-state index contributed by atoms with van der Waals surface area (Å²) in [5.74, 6) is 0.541. The first kappa shape index (κ1) is 9.77. The zero-order chi connectivity index (χ0) is 11.1. The Kier molecular flexibility index (Phi) is 2.17. The van der Waals surface area contributed by atoms with E-state index in [0.29, 0.717) is 23.3 Å². The molecule has 3 rings (SSSR count). The van der Waals surface area contributed by atoms with E-state index in [1.165, 1.54) is 0 Å². The van der Waals surface area contributed by atoms with Crippen LogP contribution >= 0.6 is 0 Å². The molecule has 2 aliphatic rings. The van der Waals surface area contributed by atoms with Crippen molar-refractivity contribution in [2.75, 3.05) is 19.6 Å². The van der Waals surface area contributed by atoms with Gasteiger partial charge in [0.15, 0.2) is 5.69 Å². The van der Waals surface area contributed by atoms with Gasteiger partial charge in [0.2, 0.25) is 0 Å². The number of nitrogens with one attached hydrogen (secondary N) is 1. The third-order valence-corrected chi connectivity index (χ3v) is 3.51. The molecule has 6 nitrogen and oxygen atoms in total. The second kappa shape index (κ2) is 3.55. The van der Waals surface area contributed by atoms with Crippen LogP contribution < -0.4 is 5.32 Å². The predicted molar refractivity (Wildman–Crippen MR) is 54.8 cm³/mol. The number of amides is 1. The number of likely N-dealkylation sites (tertiary alicyclic amines) is 1. The number of nitrogens with zero attached hydrogens (tertiary/aromatic N) is 3. The van der Waals surface area contributed by atoms with Crippen LogP contribution in [0.1, 0.15) is 22.6 Å². The number of aromatic nitrogens is 2. The fraction of sp³-hybridized carbons (Fsp3) is 0.700. The highest BCUT2D eigenvalue weighted by Gasteiger charge is 2.39. The molecule has 0 aliphatic carbocycles. The van der Waals surface area contributed by atoms with Crippen molar-refractivity contribution in [3.63, 3.8) is 0 Å². The Hall–Kier alpha value is -1.43. The van der Waals surface area contributed by atoms with E-state index in [9.17, 15) is 4.79 Å². The molecule has 2 saturated heterocycles. The van der Waals surface area contributed by atoms with E-state index in [0.717, 1.165) is 26.1 Å². The molecule has 0 aromatic carbocycles. The molecule has 0 radical (unpaired) electrons. The van der Waals surface area contributed by atoms with Crippen LogP contribution in [0, 0.1) is 12.8 Å². The lowest BCUT2D eigenvalue weighted by atomic mass is 10.1. The summed E-state index contributed by atoms with van der Waals surface area (Å²) in [7, 11) is 0. The zero-order valence-electron chi connectivity index (χ0n) is 9.14. The topological polar surface area (TPSA) is 71.3 Å².